The molecule has 0 atom stereocenters. The lowest BCUT2D eigenvalue weighted by Crippen LogP contribution is -2.17. The van der Waals surface area contributed by atoms with Crippen molar-refractivity contribution in [1.82, 2.24) is 11.1 Å². The number of hydrogen-bond donors (Lipinski definition) is 1. The van der Waals surface area contributed by atoms with Crippen LogP contribution in [0.15, 0.2) is 12.1 Å². The normalized spacial score (nSPS) is 14.6. The summed E-state index contributed by atoms with van der Waals surface area (Å²) in [6.07, 6.45) is 5.31. The summed E-state index contributed by atoms with van der Waals surface area (Å²) < 4.78 is 0. The van der Waals surface area contributed by atoms with Gasteiger partial charge in [0.15, 0.2) is 0 Å². The highest BCUT2D eigenvalue weighted by Gasteiger charge is 2.12. The minimum atomic E-state index is 0. The van der Waals surface area contributed by atoms with Crippen LogP contribution in [-0.4, -0.2) is 18.0 Å². The molecule has 1 saturated heterocycles. The van der Waals surface area contributed by atoms with Crippen molar-refractivity contribution in [2.45, 2.75) is 39.2 Å². The Balaban J connectivity index is 0. The highest BCUT2D eigenvalue weighted by Crippen LogP contribution is 2.21. The zero-order valence-electron chi connectivity index (χ0n) is 10.5. The molecule has 1 fully saturated rings. The summed E-state index contributed by atoms with van der Waals surface area (Å²) in [6, 6.07) is 4.62. The molecule has 0 amide bonds. The molecule has 3 N–H and O–H groups in total. The van der Waals surface area contributed by atoms with Crippen LogP contribution in [0.3, 0.4) is 0 Å². The third-order valence-electron chi connectivity index (χ3n) is 2.79. The number of halogens is 2. The molecule has 1 aliphatic rings. The first kappa shape index (κ1) is 19.5. The summed E-state index contributed by atoms with van der Waals surface area (Å²) >= 11 is 2.00. The van der Waals surface area contributed by atoms with E-state index in [-0.39, 0.29) is 31.0 Å². The molecular formula is C12H24Cl2N2S. The molecule has 0 bridgehead atoms. The molecule has 1 aromatic heterocycles. The van der Waals surface area contributed by atoms with E-state index in [4.69, 9.17) is 0 Å². The first-order valence-electron chi connectivity index (χ1n) is 5.68. The predicted molar refractivity (Wildman–Crippen MR) is 82.3 cm³/mol. The van der Waals surface area contributed by atoms with E-state index in [0.29, 0.717) is 0 Å². The van der Waals surface area contributed by atoms with Gasteiger partial charge in [0.25, 0.3) is 0 Å². The van der Waals surface area contributed by atoms with Gasteiger partial charge in [-0.1, -0.05) is 13.3 Å². The molecule has 2 heterocycles. The molecule has 1 aromatic rings. The van der Waals surface area contributed by atoms with Crippen molar-refractivity contribution in [3.05, 3.63) is 21.9 Å². The summed E-state index contributed by atoms with van der Waals surface area (Å²) in [7, 11) is 0. The highest BCUT2D eigenvalue weighted by molar-refractivity contribution is 7.11. The fourth-order valence-corrected chi connectivity index (χ4v) is 3.21. The maximum atomic E-state index is 2.57. The lowest BCUT2D eigenvalue weighted by atomic mass is 10.3. The van der Waals surface area contributed by atoms with Crippen molar-refractivity contribution in [3.8, 4) is 0 Å². The Hall–Kier alpha value is 0.200. The van der Waals surface area contributed by atoms with Crippen LogP contribution in [0.4, 0.5) is 0 Å². The van der Waals surface area contributed by atoms with Gasteiger partial charge in [-0.25, -0.2) is 0 Å². The minimum absolute atomic E-state index is 0. The molecule has 0 spiro atoms. The van der Waals surface area contributed by atoms with E-state index in [2.05, 4.69) is 24.0 Å². The van der Waals surface area contributed by atoms with Crippen LogP contribution in [0, 0.1) is 0 Å². The Kier molecular flexibility index (Phi) is 11.7. The van der Waals surface area contributed by atoms with Crippen molar-refractivity contribution in [1.29, 1.82) is 0 Å². The number of aryl methyl sites for hydroxylation is 1. The van der Waals surface area contributed by atoms with Gasteiger partial charge in [0, 0.05) is 16.3 Å². The van der Waals surface area contributed by atoms with Crippen molar-refractivity contribution < 1.29 is 0 Å². The molecule has 0 radical (unpaired) electrons. The number of thiophene rings is 1. The van der Waals surface area contributed by atoms with E-state index < -0.39 is 0 Å². The molecule has 0 aromatic carbocycles. The van der Waals surface area contributed by atoms with Crippen molar-refractivity contribution in [2.75, 3.05) is 13.1 Å². The van der Waals surface area contributed by atoms with Gasteiger partial charge in [0.2, 0.25) is 0 Å². The monoisotopic (exact) mass is 298 g/mol. The third-order valence-corrected chi connectivity index (χ3v) is 3.92. The molecule has 0 aliphatic carbocycles. The molecule has 17 heavy (non-hydrogen) atoms. The second kappa shape index (κ2) is 10.2. The molecule has 102 valence electrons. The van der Waals surface area contributed by atoms with Gasteiger partial charge in [-0.3, -0.25) is 4.90 Å². The first-order chi connectivity index (χ1) is 6.88. The molecule has 2 nitrogen and oxygen atoms in total. The minimum Gasteiger partial charge on any atom is -0.344 e. The smallest absolute Gasteiger partial charge is 0.0328 e. The highest BCUT2D eigenvalue weighted by atomic mass is 35.5. The van der Waals surface area contributed by atoms with Gasteiger partial charge < -0.3 is 6.15 Å². The summed E-state index contributed by atoms with van der Waals surface area (Å²) in [5.74, 6) is 0. The summed E-state index contributed by atoms with van der Waals surface area (Å²) in [6.45, 7) is 6.05. The Morgan fingerprint density at radius 2 is 1.71 bits per heavy atom. The molecule has 2 rings (SSSR count). The Bertz CT molecular complexity index is 286. The molecular weight excluding hydrogens is 275 g/mol. The van der Waals surface area contributed by atoms with E-state index in [1.165, 1.54) is 45.3 Å². The Labute approximate surface area is 121 Å². The van der Waals surface area contributed by atoms with E-state index in [1.54, 1.807) is 9.75 Å². The van der Waals surface area contributed by atoms with Gasteiger partial charge in [0.1, 0.15) is 0 Å². The standard InChI is InChI=1S/C12H19NS.2ClH.H3N/c1-2-5-11-6-7-12(14-11)10-13-8-3-4-9-13;;;/h6-7H,2-5,8-10H2,1H3;2*1H;1H3. The summed E-state index contributed by atoms with van der Waals surface area (Å²) in [5, 5.41) is 0. The largest absolute Gasteiger partial charge is 0.344 e. The van der Waals surface area contributed by atoms with Crippen LogP contribution in [0.1, 0.15) is 35.9 Å². The zero-order valence-corrected chi connectivity index (χ0v) is 12.9. The lowest BCUT2D eigenvalue weighted by Gasteiger charge is -2.12. The maximum absolute atomic E-state index is 2.57. The maximum Gasteiger partial charge on any atom is 0.0328 e. The Morgan fingerprint density at radius 1 is 1.12 bits per heavy atom. The van der Waals surface area contributed by atoms with Crippen molar-refractivity contribution in [3.63, 3.8) is 0 Å². The van der Waals surface area contributed by atoms with Gasteiger partial charge >= 0.3 is 0 Å². The fraction of sp³-hybridized carbons (Fsp3) is 0.667. The topological polar surface area (TPSA) is 38.2 Å². The van der Waals surface area contributed by atoms with Gasteiger partial charge in [0.05, 0.1) is 0 Å². The molecule has 0 unspecified atom stereocenters. The van der Waals surface area contributed by atoms with E-state index in [1.807, 2.05) is 11.3 Å². The number of hydrogen-bond acceptors (Lipinski definition) is 3. The number of likely N-dealkylation sites (tertiary alicyclic amines) is 1. The quantitative estimate of drug-likeness (QED) is 0.900. The summed E-state index contributed by atoms with van der Waals surface area (Å²) in [4.78, 5) is 5.68. The van der Waals surface area contributed by atoms with Crippen LogP contribution in [0.2, 0.25) is 0 Å². The average molecular weight is 299 g/mol. The third kappa shape index (κ3) is 6.07. The molecule has 0 saturated carbocycles. The number of rotatable bonds is 4. The van der Waals surface area contributed by atoms with E-state index in [9.17, 15) is 0 Å². The van der Waals surface area contributed by atoms with Crippen LogP contribution < -0.4 is 6.15 Å². The van der Waals surface area contributed by atoms with Crippen LogP contribution in [0.5, 0.6) is 0 Å². The zero-order chi connectivity index (χ0) is 9.80. The van der Waals surface area contributed by atoms with Crippen LogP contribution in [0.25, 0.3) is 0 Å². The average Bonchev–Trinajstić information content (AvgIpc) is 2.79. The van der Waals surface area contributed by atoms with Crippen LogP contribution in [-0.2, 0) is 13.0 Å². The first-order valence-corrected chi connectivity index (χ1v) is 6.50. The molecule has 5 heteroatoms. The second-order valence-electron chi connectivity index (χ2n) is 4.10. The predicted octanol–water partition coefficient (Wildman–Crippen LogP) is 4.30. The summed E-state index contributed by atoms with van der Waals surface area (Å²) in [5.41, 5.74) is 0. The van der Waals surface area contributed by atoms with Crippen molar-refractivity contribution in [2.24, 2.45) is 0 Å². The lowest BCUT2D eigenvalue weighted by molar-refractivity contribution is 0.334. The molecule has 1 aliphatic heterocycles. The number of nitrogens with zero attached hydrogens (tertiary/aromatic N) is 1. The van der Waals surface area contributed by atoms with Gasteiger partial charge in [-0.2, -0.15) is 0 Å². The van der Waals surface area contributed by atoms with Crippen LogP contribution >= 0.6 is 36.2 Å². The van der Waals surface area contributed by atoms with E-state index in [0.717, 1.165) is 0 Å². The van der Waals surface area contributed by atoms with Crippen molar-refractivity contribution >= 4 is 36.2 Å². The Morgan fingerprint density at radius 3 is 2.29 bits per heavy atom. The fourth-order valence-electron chi connectivity index (χ4n) is 2.05. The van der Waals surface area contributed by atoms with E-state index >= 15 is 0 Å². The SMILES string of the molecule is CCCc1ccc(CN2CCCC2)s1.Cl.Cl.N. The van der Waals surface area contributed by atoms with Gasteiger partial charge in [-0.05, 0) is 44.5 Å². The second-order valence-corrected chi connectivity index (χ2v) is 5.35. The van der Waals surface area contributed by atoms with Gasteiger partial charge in [-0.15, -0.1) is 36.2 Å².